The minimum absolute atomic E-state index is 0.134. The number of carbonyl (C=O) groups is 1. The van der Waals surface area contributed by atoms with Gasteiger partial charge in [-0.25, -0.2) is 4.79 Å². The van der Waals surface area contributed by atoms with Crippen LogP contribution in [0, 0.1) is 0 Å². The van der Waals surface area contributed by atoms with Gasteiger partial charge in [0.2, 0.25) is 5.60 Å². The van der Waals surface area contributed by atoms with Crippen LogP contribution in [0.15, 0.2) is 79.0 Å². The lowest BCUT2D eigenvalue weighted by atomic mass is 9.90. The summed E-state index contributed by atoms with van der Waals surface area (Å²) in [6, 6.07) is 23.5. The van der Waals surface area contributed by atoms with E-state index in [1.54, 1.807) is 0 Å². The Morgan fingerprint density at radius 3 is 2.41 bits per heavy atom. The fourth-order valence-electron chi connectivity index (χ4n) is 4.35. The van der Waals surface area contributed by atoms with E-state index in [1.165, 1.54) is 0 Å². The van der Waals surface area contributed by atoms with E-state index in [1.807, 2.05) is 73.9 Å². The highest BCUT2D eigenvalue weighted by Gasteiger charge is 2.47. The van der Waals surface area contributed by atoms with Gasteiger partial charge in [0.1, 0.15) is 6.10 Å². The van der Waals surface area contributed by atoms with Crippen LogP contribution in [0.5, 0.6) is 0 Å². The van der Waals surface area contributed by atoms with E-state index in [0.29, 0.717) is 25.5 Å². The summed E-state index contributed by atoms with van der Waals surface area (Å²) in [7, 11) is 2.04. The molecular weight excluding hydrogens is 428 g/mol. The van der Waals surface area contributed by atoms with Crippen LogP contribution in [0.4, 0.5) is 0 Å². The van der Waals surface area contributed by atoms with Crippen molar-refractivity contribution in [2.45, 2.75) is 37.6 Å². The van der Waals surface area contributed by atoms with Gasteiger partial charge >= 0.3 is 5.97 Å². The monoisotopic (exact) mass is 462 g/mol. The first-order valence-electron chi connectivity index (χ1n) is 12.0. The number of aromatic amines is 1. The van der Waals surface area contributed by atoms with E-state index in [2.05, 4.69) is 22.0 Å². The molecule has 0 amide bonds. The van der Waals surface area contributed by atoms with E-state index < -0.39 is 5.60 Å². The van der Waals surface area contributed by atoms with Crippen LogP contribution in [0.25, 0.3) is 0 Å². The number of hydrogen-bond donors (Lipinski definition) is 1. The zero-order chi connectivity index (χ0) is 23.6. The molecule has 2 aromatic carbocycles. The third-order valence-electron chi connectivity index (χ3n) is 6.18. The molecule has 34 heavy (non-hydrogen) atoms. The molecule has 6 nitrogen and oxygen atoms in total. The molecule has 6 heteroatoms. The van der Waals surface area contributed by atoms with E-state index in [4.69, 9.17) is 14.2 Å². The number of esters is 1. The molecule has 0 aliphatic carbocycles. The van der Waals surface area contributed by atoms with Gasteiger partial charge in [0.05, 0.1) is 12.3 Å². The van der Waals surface area contributed by atoms with Gasteiger partial charge in [0.25, 0.3) is 0 Å². The van der Waals surface area contributed by atoms with Gasteiger partial charge in [-0.15, -0.1) is 0 Å². The second-order valence-electron chi connectivity index (χ2n) is 8.80. The number of hydrogen-bond acceptors (Lipinski definition) is 5. The first kappa shape index (κ1) is 24.2. The van der Waals surface area contributed by atoms with Gasteiger partial charge in [-0.1, -0.05) is 60.7 Å². The highest BCUT2D eigenvalue weighted by molar-refractivity contribution is 5.85. The van der Waals surface area contributed by atoms with Crippen molar-refractivity contribution in [3.05, 3.63) is 95.8 Å². The topological polar surface area (TPSA) is 63.8 Å². The van der Waals surface area contributed by atoms with Crippen molar-refractivity contribution in [2.75, 3.05) is 33.4 Å². The number of nitrogens with one attached hydrogen (secondary N) is 1. The summed E-state index contributed by atoms with van der Waals surface area (Å²) in [5.74, 6) is -0.373. The number of benzene rings is 2. The molecule has 4 rings (SSSR count). The Hall–Kier alpha value is -2.93. The van der Waals surface area contributed by atoms with Gasteiger partial charge < -0.3 is 24.1 Å². The first-order valence-corrected chi connectivity index (χ1v) is 12.0. The summed E-state index contributed by atoms with van der Waals surface area (Å²) in [5, 5.41) is 0. The molecule has 1 aliphatic heterocycles. The molecular formula is C28H34N2O4. The Morgan fingerprint density at radius 2 is 1.74 bits per heavy atom. The molecule has 0 radical (unpaired) electrons. The lowest BCUT2D eigenvalue weighted by Crippen LogP contribution is -2.44. The largest absolute Gasteiger partial charge is 0.458 e. The summed E-state index contributed by atoms with van der Waals surface area (Å²) >= 11 is 0. The zero-order valence-corrected chi connectivity index (χ0v) is 19.8. The summed E-state index contributed by atoms with van der Waals surface area (Å²) in [6.07, 6.45) is 4.11. The highest BCUT2D eigenvalue weighted by atomic mass is 16.6. The summed E-state index contributed by atoms with van der Waals surface area (Å²) < 4.78 is 18.3. The normalized spacial score (nSPS) is 18.0. The molecule has 2 atom stereocenters. The molecule has 0 bridgehead atoms. The minimum Gasteiger partial charge on any atom is -0.458 e. The number of unbranched alkanes of at least 4 members (excludes halogenated alkanes) is 1. The second-order valence-corrected chi connectivity index (χ2v) is 8.80. The van der Waals surface area contributed by atoms with Crippen molar-refractivity contribution in [3.8, 4) is 0 Å². The average molecular weight is 463 g/mol. The molecule has 1 saturated heterocycles. The Balaban J connectivity index is 1.42. The third-order valence-corrected chi connectivity index (χ3v) is 6.18. The van der Waals surface area contributed by atoms with Crippen LogP contribution in [0.1, 0.15) is 36.1 Å². The molecule has 0 spiro atoms. The van der Waals surface area contributed by atoms with Crippen molar-refractivity contribution in [1.82, 2.24) is 9.88 Å². The number of likely N-dealkylation sites (N-methyl/N-ethyl adjacent to an activating group) is 1. The third kappa shape index (κ3) is 5.95. The highest BCUT2D eigenvalue weighted by Crippen LogP contribution is 2.35. The van der Waals surface area contributed by atoms with Crippen LogP contribution in [0.2, 0.25) is 0 Å². The molecule has 1 aromatic heterocycles. The number of aromatic nitrogens is 1. The predicted octanol–water partition coefficient (Wildman–Crippen LogP) is 4.52. The standard InChI is InChI=1S/C28H34N2O4/c1-30-18-16-25(21-30)34-27(31)28(26-15-10-17-29-26,24-13-6-3-7-14-24)33-20-9-8-19-32-22-23-11-4-2-5-12-23/h2-7,10-15,17,25,29H,8-9,16,18-22H2,1H3. The second kappa shape index (κ2) is 12.0. The Bertz CT molecular complexity index is 994. The van der Waals surface area contributed by atoms with Crippen molar-refractivity contribution < 1.29 is 19.0 Å². The van der Waals surface area contributed by atoms with Crippen LogP contribution in [-0.2, 0) is 31.2 Å². The number of carbonyl (C=O) groups excluding carboxylic acids is 1. The number of ether oxygens (including phenoxy) is 3. The van der Waals surface area contributed by atoms with Gasteiger partial charge in [-0.2, -0.15) is 0 Å². The molecule has 1 aliphatic rings. The van der Waals surface area contributed by atoms with Gasteiger partial charge in [0, 0.05) is 38.1 Å². The number of H-pyrrole nitrogens is 1. The maximum Gasteiger partial charge on any atom is 0.349 e. The minimum atomic E-state index is -1.34. The Kier molecular flexibility index (Phi) is 8.52. The Morgan fingerprint density at radius 1 is 1.00 bits per heavy atom. The molecule has 0 saturated carbocycles. The van der Waals surface area contributed by atoms with E-state index in [9.17, 15) is 4.79 Å². The van der Waals surface area contributed by atoms with Crippen molar-refractivity contribution >= 4 is 5.97 Å². The molecule has 1 fully saturated rings. The van der Waals surface area contributed by atoms with Gasteiger partial charge in [-0.05, 0) is 44.0 Å². The van der Waals surface area contributed by atoms with Crippen molar-refractivity contribution in [1.29, 1.82) is 0 Å². The lowest BCUT2D eigenvalue weighted by Gasteiger charge is -2.32. The predicted molar refractivity (Wildman–Crippen MR) is 131 cm³/mol. The van der Waals surface area contributed by atoms with Crippen molar-refractivity contribution in [2.24, 2.45) is 0 Å². The van der Waals surface area contributed by atoms with Gasteiger partial charge in [-0.3, -0.25) is 0 Å². The van der Waals surface area contributed by atoms with Gasteiger partial charge in [0.15, 0.2) is 0 Å². The average Bonchev–Trinajstić information content (AvgIpc) is 3.54. The van der Waals surface area contributed by atoms with E-state index in [-0.39, 0.29) is 12.1 Å². The van der Waals surface area contributed by atoms with Crippen molar-refractivity contribution in [3.63, 3.8) is 0 Å². The van der Waals surface area contributed by atoms with E-state index >= 15 is 0 Å². The van der Waals surface area contributed by atoms with Crippen LogP contribution in [0.3, 0.4) is 0 Å². The van der Waals surface area contributed by atoms with Crippen LogP contribution >= 0.6 is 0 Å². The smallest absolute Gasteiger partial charge is 0.349 e. The number of rotatable bonds is 12. The first-order chi connectivity index (χ1) is 16.7. The molecule has 2 heterocycles. The summed E-state index contributed by atoms with van der Waals surface area (Å²) in [4.78, 5) is 19.1. The molecule has 2 unspecified atom stereocenters. The Labute approximate surface area is 201 Å². The zero-order valence-electron chi connectivity index (χ0n) is 19.8. The number of likely N-dealkylation sites (tertiary alicyclic amines) is 1. The van der Waals surface area contributed by atoms with Crippen LogP contribution in [-0.4, -0.2) is 55.3 Å². The molecule has 180 valence electrons. The van der Waals surface area contributed by atoms with E-state index in [0.717, 1.165) is 43.5 Å². The summed E-state index contributed by atoms with van der Waals surface area (Å²) in [5.41, 5.74) is 1.26. The fourth-order valence-corrected chi connectivity index (χ4v) is 4.35. The lowest BCUT2D eigenvalue weighted by molar-refractivity contribution is -0.174. The quantitative estimate of drug-likeness (QED) is 0.317. The SMILES string of the molecule is CN1CCC(OC(=O)C(OCCCCOCc2ccccc2)(c2ccccc2)c2ccc[nH]2)C1. The molecule has 1 N–H and O–H groups in total. The maximum atomic E-state index is 13.7. The maximum absolute atomic E-state index is 13.7. The number of nitrogens with zero attached hydrogens (tertiary/aromatic N) is 1. The van der Waals surface area contributed by atoms with Crippen LogP contribution < -0.4 is 0 Å². The molecule has 3 aromatic rings. The summed E-state index contributed by atoms with van der Waals surface area (Å²) in [6.45, 7) is 3.29. The fraction of sp³-hybridized carbons (Fsp3) is 0.393.